The van der Waals surface area contributed by atoms with Crippen LogP contribution in [0, 0.1) is 29.6 Å². The van der Waals surface area contributed by atoms with Crippen LogP contribution in [0.25, 0.3) is 11.1 Å². The van der Waals surface area contributed by atoms with Gasteiger partial charge in [0.05, 0.1) is 0 Å². The first kappa shape index (κ1) is 23.1. The molecule has 32 heavy (non-hydrogen) atoms. The second kappa shape index (κ2) is 8.87. The molecule has 4 saturated carbocycles. The van der Waals surface area contributed by atoms with Crippen LogP contribution in [0.2, 0.25) is 3.63 Å². The van der Waals surface area contributed by atoms with Gasteiger partial charge in [-0.25, -0.2) is 0 Å². The molecule has 0 spiro atoms. The van der Waals surface area contributed by atoms with Crippen LogP contribution in [0.5, 0.6) is 0 Å². The van der Waals surface area contributed by atoms with Gasteiger partial charge in [0, 0.05) is 0 Å². The molecule has 4 fully saturated rings. The summed E-state index contributed by atoms with van der Waals surface area (Å²) in [4.78, 5) is 0. The Labute approximate surface area is 216 Å². The van der Waals surface area contributed by atoms with E-state index in [9.17, 15) is 0 Å². The van der Waals surface area contributed by atoms with Crippen molar-refractivity contribution in [2.75, 3.05) is 0 Å². The van der Waals surface area contributed by atoms with E-state index in [2.05, 4.69) is 61.5 Å². The van der Waals surface area contributed by atoms with Crippen LogP contribution < -0.4 is 28.1 Å². The third kappa shape index (κ3) is 3.66. The van der Waals surface area contributed by atoms with Crippen LogP contribution in [-0.4, -0.2) is 0 Å². The zero-order valence-corrected chi connectivity index (χ0v) is 22.6. The molecule has 0 saturated heterocycles. The molecule has 8 rings (SSSR count). The molecule has 4 bridgehead atoms. The number of benzene rings is 2. The standard InChI is InChI=1S/C16H21.C13H9.2ClH.Zr/c1-10-2-3-13(4-10)16-14-6-11-5-12(8-14)9-15(16)7-11;1-3-7-12-10(5-1)9-11-6-2-4-8-13(11)12;;;/h2-4,11-12,14-16H,5-9H2,1H3;1-5,7-8H,9H2;2*1H;/q;;;;+2/p-2. The summed E-state index contributed by atoms with van der Waals surface area (Å²) in [6.07, 6.45) is 14.3. The van der Waals surface area contributed by atoms with Crippen molar-refractivity contribution in [1.82, 2.24) is 0 Å². The van der Waals surface area contributed by atoms with Crippen LogP contribution in [0.15, 0.2) is 65.8 Å². The molecule has 1 atom stereocenters. The summed E-state index contributed by atoms with van der Waals surface area (Å²) >= 11 is -0.698. The van der Waals surface area contributed by atoms with Gasteiger partial charge in [-0.1, -0.05) is 0 Å². The number of rotatable bonds is 3. The Morgan fingerprint density at radius 1 is 0.781 bits per heavy atom. The molecule has 0 radical (unpaired) electrons. The van der Waals surface area contributed by atoms with Gasteiger partial charge in [0.2, 0.25) is 0 Å². The Morgan fingerprint density at radius 3 is 2.22 bits per heavy atom. The minimum atomic E-state index is -0.698. The van der Waals surface area contributed by atoms with Gasteiger partial charge in [0.1, 0.15) is 0 Å². The van der Waals surface area contributed by atoms with E-state index in [0.717, 1.165) is 39.6 Å². The van der Waals surface area contributed by atoms with Crippen LogP contribution in [-0.2, 0) is 29.7 Å². The van der Waals surface area contributed by atoms with E-state index in [1.807, 2.05) is 0 Å². The molecule has 6 aliphatic rings. The zero-order chi connectivity index (χ0) is 19.8. The smallest absolute Gasteiger partial charge is 1.00 e. The molecule has 6 aliphatic carbocycles. The fraction of sp³-hybridized carbons (Fsp3) is 0.448. The fourth-order valence-electron chi connectivity index (χ4n) is 8.02. The molecule has 164 valence electrons. The molecule has 0 aliphatic heterocycles. The van der Waals surface area contributed by atoms with Crippen LogP contribution >= 0.6 is 0 Å². The van der Waals surface area contributed by atoms with Crippen molar-refractivity contribution in [3.05, 3.63) is 76.9 Å². The predicted molar refractivity (Wildman–Crippen MR) is 120 cm³/mol. The SMILES string of the molecule is CC1=CC(C2C3CC4CC(C3)CC2C4)=C[CH]1[Zr+2][c]1cccc2c1Cc1ccccc1-2.[Cl-].[Cl-]. The van der Waals surface area contributed by atoms with Crippen molar-refractivity contribution >= 4 is 3.27 Å². The Bertz CT molecular complexity index is 1070. The first-order valence-electron chi connectivity index (χ1n) is 12.1. The molecular weight excluding hydrogens is 510 g/mol. The maximum atomic E-state index is 2.77. The van der Waals surface area contributed by atoms with Crippen molar-refractivity contribution in [3.8, 4) is 11.1 Å². The summed E-state index contributed by atoms with van der Waals surface area (Å²) in [6.45, 7) is 2.43. The van der Waals surface area contributed by atoms with Crippen molar-refractivity contribution in [2.24, 2.45) is 29.6 Å². The maximum Gasteiger partial charge on any atom is -1.00 e. The normalized spacial score (nSPS) is 32.8. The summed E-state index contributed by atoms with van der Waals surface area (Å²) in [5, 5.41) is 0. The van der Waals surface area contributed by atoms with E-state index >= 15 is 0 Å². The van der Waals surface area contributed by atoms with Gasteiger partial charge in [0.25, 0.3) is 0 Å². The second-order valence-electron chi connectivity index (χ2n) is 10.8. The average Bonchev–Trinajstić information content (AvgIpc) is 3.28. The van der Waals surface area contributed by atoms with Crippen LogP contribution in [0.4, 0.5) is 0 Å². The number of halogens is 2. The number of allylic oxidation sites excluding steroid dienone is 4. The molecule has 0 N–H and O–H groups in total. The quantitative estimate of drug-likeness (QED) is 0.460. The van der Waals surface area contributed by atoms with E-state index in [4.69, 9.17) is 0 Å². The second-order valence-corrected chi connectivity index (χ2v) is 14.4. The maximum absolute atomic E-state index is 2.77. The third-order valence-electron chi connectivity index (χ3n) is 9.02. The third-order valence-corrected chi connectivity index (χ3v) is 13.2. The summed E-state index contributed by atoms with van der Waals surface area (Å²) in [7, 11) is 0. The van der Waals surface area contributed by atoms with E-state index < -0.39 is 23.2 Å². The number of hydrogen-bond acceptors (Lipinski definition) is 0. The van der Waals surface area contributed by atoms with Gasteiger partial charge in [-0.05, 0) is 0 Å². The molecule has 0 aromatic heterocycles. The topological polar surface area (TPSA) is 0 Å². The molecule has 0 heterocycles. The zero-order valence-electron chi connectivity index (χ0n) is 18.7. The first-order chi connectivity index (χ1) is 14.7. The van der Waals surface area contributed by atoms with Crippen LogP contribution in [0.3, 0.4) is 0 Å². The number of hydrogen-bond donors (Lipinski definition) is 0. The Morgan fingerprint density at radius 2 is 1.47 bits per heavy atom. The molecule has 0 amide bonds. The first-order valence-corrected chi connectivity index (χ1v) is 14.7. The summed E-state index contributed by atoms with van der Waals surface area (Å²) in [5.41, 5.74) is 9.64. The van der Waals surface area contributed by atoms with Gasteiger partial charge < -0.3 is 24.8 Å². The van der Waals surface area contributed by atoms with Gasteiger partial charge in [-0.3, -0.25) is 0 Å². The monoisotopic (exact) mass is 538 g/mol. The molecule has 0 nitrogen and oxygen atoms in total. The minimum Gasteiger partial charge on any atom is -1.00 e. The molecule has 3 heteroatoms. The molecule has 1 unspecified atom stereocenters. The van der Waals surface area contributed by atoms with Gasteiger partial charge in [-0.2, -0.15) is 0 Å². The summed E-state index contributed by atoms with van der Waals surface area (Å²) in [6, 6.07) is 16.2. The van der Waals surface area contributed by atoms with E-state index in [1.54, 1.807) is 26.4 Å². The van der Waals surface area contributed by atoms with Crippen molar-refractivity contribution < 1.29 is 48.0 Å². The fourth-order valence-corrected chi connectivity index (χ4v) is 11.7. The summed E-state index contributed by atoms with van der Waals surface area (Å²) in [5.74, 6) is 5.09. The predicted octanol–water partition coefficient (Wildman–Crippen LogP) is 0.721. The average molecular weight is 541 g/mol. The van der Waals surface area contributed by atoms with Crippen LogP contribution in [0.1, 0.15) is 50.2 Å². The minimum absolute atomic E-state index is 0. The van der Waals surface area contributed by atoms with Crippen molar-refractivity contribution in [3.63, 3.8) is 0 Å². The Kier molecular flexibility index (Phi) is 6.41. The van der Waals surface area contributed by atoms with Crippen molar-refractivity contribution in [1.29, 1.82) is 0 Å². The van der Waals surface area contributed by atoms with Gasteiger partial charge in [0.15, 0.2) is 0 Å². The Hall–Kier alpha value is -0.617. The van der Waals surface area contributed by atoms with E-state index in [0.29, 0.717) is 0 Å². The number of fused-ring (bicyclic) bond motifs is 3. The Balaban J connectivity index is 0.00000108. The van der Waals surface area contributed by atoms with Gasteiger partial charge in [-0.15, -0.1) is 0 Å². The summed E-state index contributed by atoms with van der Waals surface area (Å²) < 4.78 is 2.52. The van der Waals surface area contributed by atoms with E-state index in [1.165, 1.54) is 42.4 Å². The molecule has 2 aromatic carbocycles. The molecular formula is C29H30Cl2Zr. The van der Waals surface area contributed by atoms with Gasteiger partial charge >= 0.3 is 193 Å². The van der Waals surface area contributed by atoms with E-state index in [-0.39, 0.29) is 24.8 Å². The van der Waals surface area contributed by atoms with Crippen molar-refractivity contribution in [2.45, 2.75) is 49.1 Å². The largest absolute Gasteiger partial charge is 1.00 e. The molecule has 2 aromatic rings.